The zero-order valence-corrected chi connectivity index (χ0v) is 52.8. The highest BCUT2D eigenvalue weighted by Crippen LogP contribution is 2.38. The monoisotopic (exact) mass is 1110 g/mol. The molecule has 0 aromatic rings. The molecule has 0 aromatic heterocycles. The molecule has 0 amide bonds. The number of esters is 2. The average molecular weight is 1110 g/mol. The fourth-order valence-corrected chi connectivity index (χ4v) is 10.8. The molecule has 0 bridgehead atoms. The molecule has 2 unspecified atom stereocenters. The summed E-state index contributed by atoms with van der Waals surface area (Å²) in [6.45, 7) is 4.29. The lowest BCUT2D eigenvalue weighted by atomic mass is 10.0. The molecular weight excluding hydrogens is 978 g/mol. The van der Waals surface area contributed by atoms with Gasteiger partial charge in [-0.2, -0.15) is 0 Å². The Morgan fingerprint density at radius 3 is 1.03 bits per heavy atom. The van der Waals surface area contributed by atoms with Crippen LogP contribution < -0.4 is 4.89 Å². The van der Waals surface area contributed by atoms with Crippen molar-refractivity contribution >= 4 is 19.8 Å². The van der Waals surface area contributed by atoms with E-state index in [-0.39, 0.29) is 32.0 Å². The van der Waals surface area contributed by atoms with Crippen molar-refractivity contribution in [2.45, 2.75) is 347 Å². The summed E-state index contributed by atoms with van der Waals surface area (Å²) in [5.41, 5.74) is 0. The quantitative estimate of drug-likeness (QED) is 0.0195. The number of quaternary nitrogens is 1. The Morgan fingerprint density at radius 1 is 0.403 bits per heavy atom. The van der Waals surface area contributed by atoms with Crippen molar-refractivity contribution in [3.63, 3.8) is 0 Å². The van der Waals surface area contributed by atoms with Gasteiger partial charge in [0.25, 0.3) is 7.82 Å². The summed E-state index contributed by atoms with van der Waals surface area (Å²) in [5, 5.41) is 0. The van der Waals surface area contributed by atoms with Crippen molar-refractivity contribution < 1.29 is 42.1 Å². The summed E-state index contributed by atoms with van der Waals surface area (Å²) < 4.78 is 34.2. The summed E-state index contributed by atoms with van der Waals surface area (Å²) in [4.78, 5) is 37.9. The molecule has 10 heteroatoms. The molecule has 0 aromatic carbocycles. The van der Waals surface area contributed by atoms with Crippen LogP contribution in [0.5, 0.6) is 0 Å². The highest BCUT2D eigenvalue weighted by Gasteiger charge is 2.22. The minimum absolute atomic E-state index is 0.0264. The van der Waals surface area contributed by atoms with Crippen LogP contribution in [-0.2, 0) is 32.7 Å². The van der Waals surface area contributed by atoms with Gasteiger partial charge in [-0.05, 0) is 44.9 Å². The number of hydrogen-bond acceptors (Lipinski definition) is 8. The zero-order chi connectivity index (χ0) is 56.3. The Morgan fingerprint density at radius 2 is 0.701 bits per heavy atom. The summed E-state index contributed by atoms with van der Waals surface area (Å²) in [7, 11) is 1.19. The van der Waals surface area contributed by atoms with Gasteiger partial charge < -0.3 is 27.9 Å². The second kappa shape index (κ2) is 59.1. The molecular formula is C67H130NO8P. The topological polar surface area (TPSA) is 111 Å². The van der Waals surface area contributed by atoms with Gasteiger partial charge in [0, 0.05) is 12.8 Å². The molecule has 0 saturated heterocycles. The number of unbranched alkanes of at least 4 members (excludes halogenated alkanes) is 45. The molecule has 0 rings (SSSR count). The van der Waals surface area contributed by atoms with Gasteiger partial charge in [0.2, 0.25) is 0 Å². The first-order chi connectivity index (χ1) is 37.5. The molecule has 0 radical (unpaired) electrons. The first-order valence-electron chi connectivity index (χ1n) is 33.5. The third-order valence-electron chi connectivity index (χ3n) is 15.2. The number of carbonyl (C=O) groups is 2. The van der Waals surface area contributed by atoms with Gasteiger partial charge in [0.05, 0.1) is 27.7 Å². The second-order valence-electron chi connectivity index (χ2n) is 24.2. The number of allylic oxidation sites excluding steroid dienone is 4. The van der Waals surface area contributed by atoms with E-state index in [4.69, 9.17) is 18.5 Å². The number of rotatable bonds is 63. The van der Waals surface area contributed by atoms with Crippen molar-refractivity contribution in [1.29, 1.82) is 0 Å². The van der Waals surface area contributed by atoms with Crippen LogP contribution >= 0.6 is 7.82 Å². The maximum atomic E-state index is 12.8. The Kier molecular flexibility index (Phi) is 58.0. The van der Waals surface area contributed by atoms with Gasteiger partial charge in [0.1, 0.15) is 19.8 Å². The van der Waals surface area contributed by atoms with E-state index in [0.29, 0.717) is 17.4 Å². The van der Waals surface area contributed by atoms with Crippen molar-refractivity contribution in [3.05, 3.63) is 24.3 Å². The lowest BCUT2D eigenvalue weighted by molar-refractivity contribution is -0.870. The Bertz CT molecular complexity index is 1350. The first-order valence-corrected chi connectivity index (χ1v) is 35.0. The fraction of sp³-hybridized carbons (Fsp3) is 0.910. The lowest BCUT2D eigenvalue weighted by Gasteiger charge is -2.28. The Balaban J connectivity index is 3.90. The molecule has 456 valence electrons. The Labute approximate surface area is 479 Å². The number of nitrogens with zero attached hydrogens (tertiary/aromatic N) is 1. The SMILES string of the molecule is CCCCCCC/C=C\C/C=C\CCCCCCCCCCCCCCCCCCCCCCCCCCCC(=O)OC(COC(=O)CCCCCCCCCCCCCCCCCC)COP(=O)([O-])OCC[N+](C)(C)C. The standard InChI is InChI=1S/C67H130NO8P/c1-6-8-10-12-14-16-18-20-22-24-25-26-27-28-29-30-31-32-33-34-35-36-37-38-39-40-41-42-43-44-46-48-50-52-54-56-58-60-67(70)76-65(64-75-77(71,72)74-62-61-68(3,4)5)63-73-66(69)59-57-55-53-51-49-47-45-23-21-19-17-15-13-11-9-7-2/h18,20,24-25,65H,6-17,19,21-23,26-64H2,1-5H3/b20-18-,25-24-. The Hall–Kier alpha value is -1.51. The van der Waals surface area contributed by atoms with E-state index in [0.717, 1.165) is 38.5 Å². The molecule has 0 aliphatic rings. The predicted molar refractivity (Wildman–Crippen MR) is 328 cm³/mol. The van der Waals surface area contributed by atoms with E-state index < -0.39 is 26.5 Å². The highest BCUT2D eigenvalue weighted by molar-refractivity contribution is 7.45. The summed E-state index contributed by atoms with van der Waals surface area (Å²) >= 11 is 0. The smallest absolute Gasteiger partial charge is 0.306 e. The van der Waals surface area contributed by atoms with Crippen LogP contribution in [-0.4, -0.2) is 70.0 Å². The van der Waals surface area contributed by atoms with Crippen molar-refractivity contribution in [2.24, 2.45) is 0 Å². The van der Waals surface area contributed by atoms with Gasteiger partial charge in [-0.1, -0.05) is 308 Å². The zero-order valence-electron chi connectivity index (χ0n) is 51.9. The molecule has 0 spiro atoms. The molecule has 77 heavy (non-hydrogen) atoms. The van der Waals surface area contributed by atoms with Gasteiger partial charge in [-0.25, -0.2) is 0 Å². The van der Waals surface area contributed by atoms with Crippen LogP contribution in [0.25, 0.3) is 0 Å². The molecule has 0 N–H and O–H groups in total. The van der Waals surface area contributed by atoms with Crippen LogP contribution in [0, 0.1) is 0 Å². The predicted octanol–water partition coefficient (Wildman–Crippen LogP) is 20.7. The number of carbonyl (C=O) groups excluding carboxylic acids is 2. The second-order valence-corrected chi connectivity index (χ2v) is 25.6. The number of hydrogen-bond donors (Lipinski definition) is 0. The molecule has 0 aliphatic carbocycles. The van der Waals surface area contributed by atoms with Crippen LogP contribution in [0.2, 0.25) is 0 Å². The van der Waals surface area contributed by atoms with E-state index in [2.05, 4.69) is 38.2 Å². The first kappa shape index (κ1) is 75.5. The largest absolute Gasteiger partial charge is 0.756 e. The maximum Gasteiger partial charge on any atom is 0.306 e. The van der Waals surface area contributed by atoms with E-state index in [1.165, 1.54) is 270 Å². The molecule has 0 heterocycles. The molecule has 0 aliphatic heterocycles. The highest BCUT2D eigenvalue weighted by atomic mass is 31.2. The number of likely N-dealkylation sites (N-methyl/N-ethyl adjacent to an activating group) is 1. The fourth-order valence-electron chi connectivity index (χ4n) is 10.0. The van der Waals surface area contributed by atoms with Gasteiger partial charge in [-0.3, -0.25) is 14.2 Å². The number of phosphoric acid groups is 1. The maximum absolute atomic E-state index is 12.8. The third kappa shape index (κ3) is 63.5. The van der Waals surface area contributed by atoms with E-state index in [9.17, 15) is 19.0 Å². The van der Waals surface area contributed by atoms with Gasteiger partial charge >= 0.3 is 11.9 Å². The summed E-state index contributed by atoms with van der Waals surface area (Å²) in [6.07, 6.45) is 72.7. The van der Waals surface area contributed by atoms with E-state index >= 15 is 0 Å². The summed E-state index contributed by atoms with van der Waals surface area (Å²) in [6, 6.07) is 0. The van der Waals surface area contributed by atoms with Crippen LogP contribution in [0.15, 0.2) is 24.3 Å². The van der Waals surface area contributed by atoms with Crippen molar-refractivity contribution in [1.82, 2.24) is 0 Å². The van der Waals surface area contributed by atoms with Crippen molar-refractivity contribution in [3.8, 4) is 0 Å². The van der Waals surface area contributed by atoms with Gasteiger partial charge in [-0.15, -0.1) is 0 Å². The molecule has 9 nitrogen and oxygen atoms in total. The molecule has 2 atom stereocenters. The van der Waals surface area contributed by atoms with Gasteiger partial charge in [0.15, 0.2) is 6.10 Å². The van der Waals surface area contributed by atoms with E-state index in [1.54, 1.807) is 0 Å². The van der Waals surface area contributed by atoms with Crippen molar-refractivity contribution in [2.75, 3.05) is 47.5 Å². The van der Waals surface area contributed by atoms with Crippen LogP contribution in [0.3, 0.4) is 0 Å². The normalized spacial score (nSPS) is 13.3. The average Bonchev–Trinajstić information content (AvgIpc) is 3.39. The molecule has 0 fully saturated rings. The van der Waals surface area contributed by atoms with E-state index in [1.807, 2.05) is 21.1 Å². The minimum atomic E-state index is -4.63. The number of ether oxygens (including phenoxy) is 2. The lowest BCUT2D eigenvalue weighted by Crippen LogP contribution is -2.37. The number of phosphoric ester groups is 1. The summed E-state index contributed by atoms with van der Waals surface area (Å²) in [5.74, 6) is -0.811. The molecule has 0 saturated carbocycles. The van der Waals surface area contributed by atoms with Crippen LogP contribution in [0.4, 0.5) is 0 Å². The van der Waals surface area contributed by atoms with Crippen LogP contribution in [0.1, 0.15) is 341 Å². The third-order valence-corrected chi connectivity index (χ3v) is 16.2. The minimum Gasteiger partial charge on any atom is -0.756 e.